The van der Waals surface area contributed by atoms with Crippen LogP contribution in [-0.2, 0) is 57.3 Å². The van der Waals surface area contributed by atoms with E-state index in [1.165, 1.54) is 231 Å². The van der Waals surface area contributed by atoms with E-state index in [0.29, 0.717) is 52.6 Å². The predicted octanol–water partition coefficient (Wildman–Crippen LogP) is 19.4. The van der Waals surface area contributed by atoms with Crippen LogP contribution in [0, 0.1) is 0 Å². The molecule has 0 aromatic rings. The highest BCUT2D eigenvalue weighted by atomic mass is 32.2. The second kappa shape index (κ2) is 70.8. The summed E-state index contributed by atoms with van der Waals surface area (Å²) in [7, 11) is 0. The normalized spacial score (nSPS) is 13.9. The van der Waals surface area contributed by atoms with Crippen molar-refractivity contribution >= 4 is 69.4 Å². The van der Waals surface area contributed by atoms with Crippen LogP contribution in [0.15, 0.2) is 0 Å². The van der Waals surface area contributed by atoms with Gasteiger partial charge in [-0.1, -0.05) is 334 Å². The van der Waals surface area contributed by atoms with Crippen LogP contribution in [0.4, 0.5) is 0 Å². The van der Waals surface area contributed by atoms with Gasteiger partial charge in [0.05, 0.1) is 52.1 Å². The van der Waals surface area contributed by atoms with E-state index in [4.69, 9.17) is 18.9 Å². The molecule has 1 aliphatic rings. The van der Waals surface area contributed by atoms with Gasteiger partial charge in [-0.3, -0.25) is 38.4 Å². The lowest BCUT2D eigenvalue weighted by Crippen LogP contribution is -2.63. The third kappa shape index (κ3) is 61.4. The van der Waals surface area contributed by atoms with Crippen molar-refractivity contribution in [2.75, 3.05) is 77.2 Å². The van der Waals surface area contributed by atoms with Gasteiger partial charge in [0.2, 0.25) is 11.8 Å². The second-order valence-corrected chi connectivity index (χ2v) is 30.3. The van der Waals surface area contributed by atoms with Crippen LogP contribution in [0.5, 0.6) is 0 Å². The fourth-order valence-corrected chi connectivity index (χ4v) is 14.0. The fourth-order valence-electron chi connectivity index (χ4n) is 12.4. The molecule has 1 fully saturated rings. The summed E-state index contributed by atoms with van der Waals surface area (Å²) in [5, 5.41) is 5.09. The molecule has 1 aliphatic heterocycles. The SMILES string of the molecule is CCCCCCCCCCCCCCOC(=O)CCN(CCC(=O)OCCCCCCCCCCCCCC)CCC(=O)SCC1NC(=O)C(CSC(=O)CCN(CCC(=O)OCCCCCCCCCCCCCC)CCC(=O)OCCCCCCCCCCCCCC)NC1=O. The Morgan fingerprint density at radius 2 is 0.449 bits per heavy atom. The summed E-state index contributed by atoms with van der Waals surface area (Å²) < 4.78 is 22.4. The van der Waals surface area contributed by atoms with Crippen LogP contribution in [0.25, 0.3) is 0 Å². The number of hydrogen-bond donors (Lipinski definition) is 2. The van der Waals surface area contributed by atoms with Gasteiger partial charge in [0, 0.05) is 63.6 Å². The molecule has 572 valence electrons. The molecule has 18 heteroatoms. The van der Waals surface area contributed by atoms with Crippen LogP contribution in [0.1, 0.15) is 374 Å². The average molecular weight is 1420 g/mol. The highest BCUT2D eigenvalue weighted by Crippen LogP contribution is 2.19. The molecule has 2 atom stereocenters. The Labute approximate surface area is 607 Å². The molecule has 0 radical (unpaired) electrons. The molecule has 0 saturated carbocycles. The van der Waals surface area contributed by atoms with Crippen LogP contribution >= 0.6 is 23.5 Å². The van der Waals surface area contributed by atoms with Crippen LogP contribution < -0.4 is 10.6 Å². The van der Waals surface area contributed by atoms with Crippen molar-refractivity contribution in [1.82, 2.24) is 20.4 Å². The van der Waals surface area contributed by atoms with Crippen molar-refractivity contribution < 1.29 is 57.3 Å². The number of amides is 2. The molecule has 2 amide bonds. The third-order valence-corrected chi connectivity index (χ3v) is 21.0. The molecular formula is C80H148N4O12S2. The minimum atomic E-state index is -0.953. The van der Waals surface area contributed by atoms with Gasteiger partial charge in [0.15, 0.2) is 10.2 Å². The summed E-state index contributed by atoms with van der Waals surface area (Å²) in [5.41, 5.74) is 0. The van der Waals surface area contributed by atoms with Crippen LogP contribution in [-0.4, -0.2) is 145 Å². The molecule has 1 rings (SSSR count). The molecule has 0 aliphatic carbocycles. The lowest BCUT2D eigenvalue weighted by molar-refractivity contribution is -0.146. The number of hydrogen-bond acceptors (Lipinski definition) is 16. The van der Waals surface area contributed by atoms with E-state index >= 15 is 0 Å². The van der Waals surface area contributed by atoms with Crippen molar-refractivity contribution in [2.24, 2.45) is 0 Å². The van der Waals surface area contributed by atoms with Crippen molar-refractivity contribution in [3.8, 4) is 0 Å². The van der Waals surface area contributed by atoms with E-state index < -0.39 is 23.9 Å². The summed E-state index contributed by atoms with van der Waals surface area (Å²) in [4.78, 5) is 109. The summed E-state index contributed by atoms with van der Waals surface area (Å²) in [5.74, 6) is -2.10. The lowest BCUT2D eigenvalue weighted by atomic mass is 10.1. The zero-order valence-corrected chi connectivity index (χ0v) is 65.1. The number of piperazine rings is 1. The first-order valence-corrected chi connectivity index (χ1v) is 42.9. The first-order chi connectivity index (χ1) is 47.9. The van der Waals surface area contributed by atoms with Crippen LogP contribution in [0.3, 0.4) is 0 Å². The van der Waals surface area contributed by atoms with E-state index in [9.17, 15) is 38.4 Å². The van der Waals surface area contributed by atoms with Gasteiger partial charge in [-0.2, -0.15) is 0 Å². The summed E-state index contributed by atoms with van der Waals surface area (Å²) in [6.07, 6.45) is 59.4. The second-order valence-electron chi connectivity index (χ2n) is 28.1. The molecule has 2 N–H and O–H groups in total. The first-order valence-electron chi connectivity index (χ1n) is 40.9. The largest absolute Gasteiger partial charge is 0.466 e. The number of thioether (sulfide) groups is 2. The number of rotatable bonds is 74. The summed E-state index contributed by atoms with van der Waals surface area (Å²) in [6, 6.07) is -1.91. The van der Waals surface area contributed by atoms with Gasteiger partial charge >= 0.3 is 23.9 Å². The highest BCUT2D eigenvalue weighted by Gasteiger charge is 2.34. The number of carbonyl (C=O) groups excluding carboxylic acids is 8. The lowest BCUT2D eigenvalue weighted by Gasteiger charge is -2.29. The standard InChI is InChI=1S/C80H148N4O12S2/c1-5-9-13-17-21-25-29-33-37-41-45-49-65-93-73(85)53-59-83(60-54-74(86)94-66-50-46-42-38-34-30-26-22-18-14-10-6-2)63-57-77(89)97-69-71-79(91)82-72(80(92)81-71)70-98-78(90)58-64-84(61-55-75(87)95-67-51-47-43-39-35-31-27-23-19-15-11-7-3)62-56-76(88)96-68-52-48-44-40-36-32-28-24-20-16-12-8-4/h71-72H,5-70H2,1-4H3,(H,81,92)(H,82,91). The molecule has 0 aromatic heterocycles. The number of nitrogens with one attached hydrogen (secondary N) is 2. The Kier molecular flexibility index (Phi) is 67.0. The van der Waals surface area contributed by atoms with Crippen molar-refractivity contribution in [2.45, 2.75) is 387 Å². The number of nitrogens with zero attached hydrogens (tertiary/aromatic N) is 2. The Balaban J connectivity index is 2.66. The van der Waals surface area contributed by atoms with Gasteiger partial charge in [-0.25, -0.2) is 0 Å². The van der Waals surface area contributed by atoms with Gasteiger partial charge in [0.25, 0.3) is 0 Å². The Hall–Kier alpha value is -3.22. The molecule has 0 aromatic carbocycles. The Bertz CT molecular complexity index is 1730. The number of esters is 4. The van der Waals surface area contributed by atoms with Gasteiger partial charge < -0.3 is 39.4 Å². The van der Waals surface area contributed by atoms with Crippen molar-refractivity contribution in [1.29, 1.82) is 0 Å². The molecule has 0 spiro atoms. The monoisotopic (exact) mass is 1420 g/mol. The number of ether oxygens (including phenoxy) is 4. The van der Waals surface area contributed by atoms with E-state index in [2.05, 4.69) is 38.3 Å². The maximum atomic E-state index is 13.3. The van der Waals surface area contributed by atoms with Gasteiger partial charge in [-0.05, 0) is 25.7 Å². The van der Waals surface area contributed by atoms with E-state index in [-0.39, 0.29) is 97.2 Å². The van der Waals surface area contributed by atoms with E-state index in [1.807, 2.05) is 9.80 Å². The minimum Gasteiger partial charge on any atom is -0.466 e. The van der Waals surface area contributed by atoms with E-state index in [1.54, 1.807) is 0 Å². The number of carbonyl (C=O) groups is 8. The molecule has 0 bridgehead atoms. The zero-order chi connectivity index (χ0) is 71.3. The van der Waals surface area contributed by atoms with E-state index in [0.717, 1.165) is 101 Å². The summed E-state index contributed by atoms with van der Waals surface area (Å²) >= 11 is 1.89. The van der Waals surface area contributed by atoms with Crippen molar-refractivity contribution in [3.63, 3.8) is 0 Å². The predicted molar refractivity (Wildman–Crippen MR) is 408 cm³/mol. The van der Waals surface area contributed by atoms with Crippen molar-refractivity contribution in [3.05, 3.63) is 0 Å². The molecular weight excluding hydrogens is 1270 g/mol. The maximum absolute atomic E-state index is 13.3. The molecule has 2 unspecified atom stereocenters. The zero-order valence-electron chi connectivity index (χ0n) is 63.4. The smallest absolute Gasteiger partial charge is 0.307 e. The van der Waals surface area contributed by atoms with Crippen LogP contribution in [0.2, 0.25) is 0 Å². The van der Waals surface area contributed by atoms with Gasteiger partial charge in [-0.15, -0.1) is 0 Å². The first kappa shape index (κ1) is 92.8. The quantitative estimate of drug-likeness (QED) is 0.0330. The maximum Gasteiger partial charge on any atom is 0.307 e. The molecule has 16 nitrogen and oxygen atoms in total. The van der Waals surface area contributed by atoms with Gasteiger partial charge in [0.1, 0.15) is 12.1 Å². The Morgan fingerprint density at radius 1 is 0.276 bits per heavy atom. The topological polar surface area (TPSA) is 204 Å². The molecule has 98 heavy (non-hydrogen) atoms. The highest BCUT2D eigenvalue weighted by molar-refractivity contribution is 8.13. The number of unbranched alkanes of at least 4 members (excludes halogenated alkanes) is 44. The Morgan fingerprint density at radius 3 is 0.643 bits per heavy atom. The third-order valence-electron chi connectivity index (χ3n) is 18.9. The molecule has 1 saturated heterocycles. The molecule has 1 heterocycles. The minimum absolute atomic E-state index is 0.0157. The fraction of sp³-hybridized carbons (Fsp3) is 0.900. The average Bonchev–Trinajstić information content (AvgIpc) is 0.853. The summed E-state index contributed by atoms with van der Waals surface area (Å²) in [6.45, 7) is 12.3.